The minimum absolute atomic E-state index is 0.163. The minimum atomic E-state index is -0.470. The lowest BCUT2D eigenvalue weighted by molar-refractivity contribution is -0.115. The number of thioether (sulfide) groups is 2. The van der Waals surface area contributed by atoms with Gasteiger partial charge in [0.25, 0.3) is 23.6 Å². The van der Waals surface area contributed by atoms with Gasteiger partial charge in [0.1, 0.15) is 0 Å². The number of thiocarbonyl (C=S) groups is 2. The van der Waals surface area contributed by atoms with Crippen molar-refractivity contribution in [1.82, 2.24) is 10.6 Å². The highest BCUT2D eigenvalue weighted by atomic mass is 32.2. The molecule has 2 fully saturated rings. The fourth-order valence-corrected chi connectivity index (χ4v) is 6.60. The minimum Gasteiger partial charge on any atom is -0.347 e. The predicted molar refractivity (Wildman–Crippen MR) is 170 cm³/mol. The maximum atomic E-state index is 13.6. The van der Waals surface area contributed by atoms with E-state index >= 15 is 0 Å². The quantitative estimate of drug-likeness (QED) is 0.351. The van der Waals surface area contributed by atoms with E-state index < -0.39 is 22.9 Å². The van der Waals surface area contributed by atoms with Crippen LogP contribution in [-0.4, -0.2) is 43.3 Å². The van der Waals surface area contributed by atoms with Crippen molar-refractivity contribution < 1.29 is 19.2 Å². The van der Waals surface area contributed by atoms with Gasteiger partial charge in [0.2, 0.25) is 0 Å². The van der Waals surface area contributed by atoms with Crippen molar-refractivity contribution in [3.05, 3.63) is 69.5 Å². The number of nitrogens with one attached hydrogen (secondary N) is 2. The Balaban J connectivity index is 1.62. The molecule has 2 saturated heterocycles. The van der Waals surface area contributed by atoms with Crippen LogP contribution in [0.15, 0.2) is 58.3 Å². The molecule has 0 atom stereocenters. The van der Waals surface area contributed by atoms with Gasteiger partial charge in [-0.1, -0.05) is 60.1 Å². The molecule has 208 valence electrons. The number of nitrogens with zero attached hydrogens (tertiary/aromatic N) is 2. The van der Waals surface area contributed by atoms with Gasteiger partial charge >= 0.3 is 0 Å². The van der Waals surface area contributed by atoms with Gasteiger partial charge < -0.3 is 10.6 Å². The molecule has 2 aromatic rings. The summed E-state index contributed by atoms with van der Waals surface area (Å²) >= 11 is 13.0. The number of carbonyl (C=O) groups excluding carboxylic acids is 4. The van der Waals surface area contributed by atoms with E-state index in [2.05, 4.69) is 10.6 Å². The molecule has 4 amide bonds. The van der Waals surface area contributed by atoms with Crippen molar-refractivity contribution in [2.24, 2.45) is 0 Å². The highest BCUT2D eigenvalue weighted by Crippen LogP contribution is 2.44. The Morgan fingerprint density at radius 1 is 0.675 bits per heavy atom. The van der Waals surface area contributed by atoms with Gasteiger partial charge in [-0.2, -0.15) is 0 Å². The van der Waals surface area contributed by atoms with Gasteiger partial charge in [-0.15, -0.1) is 0 Å². The van der Waals surface area contributed by atoms with E-state index in [4.69, 9.17) is 24.4 Å². The third kappa shape index (κ3) is 6.46. The van der Waals surface area contributed by atoms with Crippen LogP contribution in [0.4, 0.5) is 11.4 Å². The molecule has 0 unspecified atom stereocenters. The molecule has 40 heavy (non-hydrogen) atoms. The summed E-state index contributed by atoms with van der Waals surface area (Å²) in [5.41, 5.74) is 0.740. The molecule has 8 nitrogen and oxygen atoms in total. The zero-order chi connectivity index (χ0) is 29.6. The molecule has 2 aromatic carbocycles. The Hall–Kier alpha value is -3.06. The first kappa shape index (κ1) is 29.9. The van der Waals surface area contributed by atoms with Crippen LogP contribution in [-0.2, 0) is 9.59 Å². The van der Waals surface area contributed by atoms with Crippen LogP contribution in [0.2, 0.25) is 0 Å². The molecular formula is C28H28N4O4S4. The van der Waals surface area contributed by atoms with Crippen molar-refractivity contribution in [3.63, 3.8) is 0 Å². The van der Waals surface area contributed by atoms with Crippen molar-refractivity contribution in [2.75, 3.05) is 9.80 Å². The summed E-state index contributed by atoms with van der Waals surface area (Å²) in [6.07, 6.45) is 0. The molecule has 0 aliphatic carbocycles. The Labute approximate surface area is 252 Å². The maximum absolute atomic E-state index is 13.6. The van der Waals surface area contributed by atoms with Gasteiger partial charge in [-0.05, 0) is 77.9 Å². The third-order valence-corrected chi connectivity index (χ3v) is 8.33. The normalized spacial score (nSPS) is 18.1. The Morgan fingerprint density at radius 3 is 1.35 bits per heavy atom. The second-order valence-corrected chi connectivity index (χ2v) is 14.5. The summed E-state index contributed by atoms with van der Waals surface area (Å²) in [6.45, 7) is 11.3. The first-order valence-electron chi connectivity index (χ1n) is 12.3. The summed E-state index contributed by atoms with van der Waals surface area (Å²) in [7, 11) is 0. The number of benzene rings is 2. The standard InChI is InChI=1S/C28H28N4O4S4/c1-27(2,3)29-21(33)15-9-7-11-17(13-15)31-23(35)19(39-25(31)37)20-24(36)32(26(38)40-20)18-12-8-10-16(14-18)22(34)30-28(4,5)6/h7-14H,1-6H3,(H,29,33)(H,30,34). The first-order valence-corrected chi connectivity index (χ1v) is 14.7. The number of hydrogen-bond acceptors (Lipinski definition) is 8. The zero-order valence-electron chi connectivity index (χ0n) is 22.8. The van der Waals surface area contributed by atoms with Gasteiger partial charge in [-0.3, -0.25) is 29.0 Å². The molecule has 0 radical (unpaired) electrons. The lowest BCUT2D eigenvalue weighted by atomic mass is 10.1. The fraction of sp³-hybridized carbons (Fsp3) is 0.286. The van der Waals surface area contributed by atoms with Gasteiger partial charge in [-0.25, -0.2) is 0 Å². The molecule has 2 aliphatic rings. The molecule has 2 heterocycles. The fourth-order valence-electron chi connectivity index (χ4n) is 3.85. The topological polar surface area (TPSA) is 98.8 Å². The monoisotopic (exact) mass is 612 g/mol. The molecule has 4 rings (SSSR count). The average molecular weight is 613 g/mol. The largest absolute Gasteiger partial charge is 0.347 e. The number of hydrogen-bond donors (Lipinski definition) is 2. The van der Waals surface area contributed by atoms with Crippen LogP contribution in [0, 0.1) is 0 Å². The zero-order valence-corrected chi connectivity index (χ0v) is 26.0. The van der Waals surface area contributed by atoms with Gasteiger partial charge in [0.15, 0.2) is 8.64 Å². The van der Waals surface area contributed by atoms with Crippen LogP contribution in [0.1, 0.15) is 62.3 Å². The van der Waals surface area contributed by atoms with E-state index in [-0.39, 0.29) is 30.3 Å². The average Bonchev–Trinajstić information content (AvgIpc) is 3.30. The van der Waals surface area contributed by atoms with Gasteiger partial charge in [0, 0.05) is 22.2 Å². The van der Waals surface area contributed by atoms with E-state index in [1.165, 1.54) is 9.80 Å². The Morgan fingerprint density at radius 2 is 1.02 bits per heavy atom. The Bertz CT molecular complexity index is 1390. The van der Waals surface area contributed by atoms with Crippen LogP contribution < -0.4 is 20.4 Å². The molecule has 0 bridgehead atoms. The lowest BCUT2D eigenvalue weighted by Crippen LogP contribution is -2.40. The van der Waals surface area contributed by atoms with E-state index in [0.717, 1.165) is 23.5 Å². The second kappa shape index (κ2) is 11.1. The number of rotatable bonds is 4. The molecule has 0 aromatic heterocycles. The maximum Gasteiger partial charge on any atom is 0.272 e. The van der Waals surface area contributed by atoms with E-state index in [1.54, 1.807) is 48.5 Å². The number of anilines is 2. The summed E-state index contributed by atoms with van der Waals surface area (Å²) < 4.78 is 0.471. The molecule has 2 N–H and O–H groups in total. The molecule has 12 heteroatoms. The van der Waals surface area contributed by atoms with E-state index in [0.29, 0.717) is 22.5 Å². The SMILES string of the molecule is CC(C)(C)NC(=O)c1cccc(N2C(=O)C(=C3SC(=S)N(c4cccc(C(=O)NC(C)(C)C)c4)C3=O)SC2=S)c1. The number of amides is 4. The van der Waals surface area contributed by atoms with Crippen LogP contribution in [0.25, 0.3) is 0 Å². The van der Waals surface area contributed by atoms with Crippen LogP contribution in [0.5, 0.6) is 0 Å². The van der Waals surface area contributed by atoms with E-state index in [9.17, 15) is 19.2 Å². The molecule has 0 saturated carbocycles. The summed E-state index contributed by atoms with van der Waals surface area (Å²) in [6, 6.07) is 13.2. The van der Waals surface area contributed by atoms with Gasteiger partial charge in [0.05, 0.1) is 21.2 Å². The summed E-state index contributed by atoms with van der Waals surface area (Å²) in [5, 5.41) is 5.80. The van der Waals surface area contributed by atoms with E-state index in [1.807, 2.05) is 41.5 Å². The predicted octanol–water partition coefficient (Wildman–Crippen LogP) is 5.38. The molecule has 0 spiro atoms. The van der Waals surface area contributed by atoms with Crippen LogP contribution >= 0.6 is 48.0 Å². The van der Waals surface area contributed by atoms with Crippen LogP contribution in [0.3, 0.4) is 0 Å². The lowest BCUT2D eigenvalue weighted by Gasteiger charge is -2.21. The highest BCUT2D eigenvalue weighted by Gasteiger charge is 2.43. The first-order chi connectivity index (χ1) is 18.6. The van der Waals surface area contributed by atoms with Crippen molar-refractivity contribution in [3.8, 4) is 0 Å². The molecule has 2 aliphatic heterocycles. The Kier molecular flexibility index (Phi) is 8.28. The second-order valence-electron chi connectivity index (χ2n) is 11.2. The van der Waals surface area contributed by atoms with Crippen molar-refractivity contribution in [2.45, 2.75) is 52.6 Å². The smallest absolute Gasteiger partial charge is 0.272 e. The summed E-state index contributed by atoms with van der Waals surface area (Å²) in [5.74, 6) is -1.50. The molecular weight excluding hydrogens is 585 g/mol. The summed E-state index contributed by atoms with van der Waals surface area (Å²) in [4.78, 5) is 55.5. The van der Waals surface area contributed by atoms with Crippen molar-refractivity contribution >= 4 is 91.6 Å². The number of carbonyl (C=O) groups is 4. The third-order valence-electron chi connectivity index (χ3n) is 5.45. The highest BCUT2D eigenvalue weighted by molar-refractivity contribution is 8.30. The van der Waals surface area contributed by atoms with Crippen molar-refractivity contribution in [1.29, 1.82) is 0 Å².